The van der Waals surface area contributed by atoms with Crippen molar-refractivity contribution in [3.63, 3.8) is 0 Å². The molecule has 1 aromatic rings. The zero-order chi connectivity index (χ0) is 22.7. The highest BCUT2D eigenvalue weighted by Gasteiger charge is 2.62. The Bertz CT molecular complexity index is 905. The van der Waals surface area contributed by atoms with Crippen molar-refractivity contribution in [2.45, 2.75) is 91.3 Å². The molecule has 0 radical (unpaired) electrons. The van der Waals surface area contributed by atoms with Crippen molar-refractivity contribution in [2.75, 3.05) is 0 Å². The molecule has 174 valence electrons. The lowest BCUT2D eigenvalue weighted by Crippen LogP contribution is -2.60. The summed E-state index contributed by atoms with van der Waals surface area (Å²) in [5.41, 5.74) is 1.91. The smallest absolute Gasteiger partial charge is 0.218 e. The molecular weight excluding hydrogens is 408 g/mol. The van der Waals surface area contributed by atoms with Gasteiger partial charge in [-0.05, 0) is 99.2 Å². The quantitative estimate of drug-likeness (QED) is 0.380. The number of Topliss-reactive ketones (excluding diaryl/α,β-unsaturated/α-hetero) is 1. The minimum Gasteiger partial charge on any atom is -0.410 e. The van der Waals surface area contributed by atoms with E-state index < -0.39 is 8.32 Å². The molecule has 0 heterocycles. The van der Waals surface area contributed by atoms with E-state index in [1.807, 2.05) is 0 Å². The molecule has 0 aliphatic heterocycles. The normalized spacial score (nSPS) is 43.0. The Kier molecular flexibility index (Phi) is 5.61. The summed E-state index contributed by atoms with van der Waals surface area (Å²) in [6.45, 7) is 11.9. The highest BCUT2D eigenvalue weighted by Crippen LogP contribution is 2.66. The van der Waals surface area contributed by atoms with Crippen LogP contribution in [0.25, 0.3) is 0 Å². The number of fused-ring (bicyclic) bond motifs is 5. The minimum atomic E-state index is -2.02. The topological polar surface area (TPSA) is 26.3 Å². The van der Waals surface area contributed by atoms with Crippen molar-refractivity contribution in [1.29, 1.82) is 0 Å². The Morgan fingerprint density at radius 3 is 2.47 bits per heavy atom. The first-order valence-electron chi connectivity index (χ1n) is 13.1. The summed E-state index contributed by atoms with van der Waals surface area (Å²) >= 11 is 0. The lowest BCUT2D eigenvalue weighted by molar-refractivity contribution is -0.152. The second-order valence-corrected chi connectivity index (χ2v) is 16.2. The van der Waals surface area contributed by atoms with E-state index in [0.29, 0.717) is 35.1 Å². The molecule has 0 bridgehead atoms. The van der Waals surface area contributed by atoms with Gasteiger partial charge >= 0.3 is 0 Å². The van der Waals surface area contributed by atoms with Gasteiger partial charge in [-0.1, -0.05) is 55.8 Å². The van der Waals surface area contributed by atoms with Crippen LogP contribution in [-0.4, -0.2) is 20.2 Å². The van der Waals surface area contributed by atoms with E-state index in [9.17, 15) is 4.79 Å². The molecule has 1 aromatic carbocycles. The molecule has 5 rings (SSSR count). The fraction of sp³-hybridized carbons (Fsp3) is 0.690. The van der Waals surface area contributed by atoms with E-state index in [4.69, 9.17) is 4.43 Å². The number of carbonyl (C=O) groups is 1. The predicted octanol–water partition coefficient (Wildman–Crippen LogP) is 6.65. The van der Waals surface area contributed by atoms with Crippen LogP contribution < -0.4 is 5.19 Å². The molecule has 32 heavy (non-hydrogen) atoms. The van der Waals surface area contributed by atoms with Crippen LogP contribution >= 0.6 is 0 Å². The number of carbonyl (C=O) groups excluding carboxylic acids is 1. The summed E-state index contributed by atoms with van der Waals surface area (Å²) < 4.78 is 7.28. The first-order chi connectivity index (χ1) is 15.2. The van der Waals surface area contributed by atoms with Gasteiger partial charge in [0.1, 0.15) is 5.78 Å². The van der Waals surface area contributed by atoms with Crippen molar-refractivity contribution in [3.05, 3.63) is 42.0 Å². The minimum absolute atomic E-state index is 0.0650. The second kappa shape index (κ2) is 7.94. The number of hydrogen-bond acceptors (Lipinski definition) is 2. The average molecular weight is 451 g/mol. The molecule has 0 N–H and O–H groups in total. The Balaban J connectivity index is 1.51. The number of rotatable bonds is 3. The first kappa shape index (κ1) is 22.6. The monoisotopic (exact) mass is 450 g/mol. The average Bonchev–Trinajstić information content (AvgIpc) is 3.09. The van der Waals surface area contributed by atoms with Gasteiger partial charge in [0.15, 0.2) is 0 Å². The van der Waals surface area contributed by atoms with Crippen molar-refractivity contribution in [2.24, 2.45) is 34.5 Å². The number of allylic oxidation sites excluding steroid dienone is 2. The van der Waals surface area contributed by atoms with Crippen LogP contribution in [0.4, 0.5) is 0 Å². The van der Waals surface area contributed by atoms with Gasteiger partial charge in [0.25, 0.3) is 0 Å². The molecule has 4 saturated carbocycles. The van der Waals surface area contributed by atoms with Gasteiger partial charge in [-0.15, -0.1) is 0 Å². The maximum absolute atomic E-state index is 12.9. The maximum Gasteiger partial charge on any atom is 0.218 e. The lowest BCUT2D eigenvalue weighted by atomic mass is 9.44. The third kappa shape index (κ3) is 3.41. The van der Waals surface area contributed by atoms with Crippen molar-refractivity contribution >= 4 is 19.3 Å². The molecule has 4 aliphatic carbocycles. The van der Waals surface area contributed by atoms with Gasteiger partial charge in [-0.25, -0.2) is 0 Å². The Morgan fingerprint density at radius 2 is 1.75 bits per heavy atom. The summed E-state index contributed by atoms with van der Waals surface area (Å²) in [6.07, 6.45) is 11.9. The molecule has 0 unspecified atom stereocenters. The number of benzene rings is 1. The van der Waals surface area contributed by atoms with Crippen LogP contribution in [-0.2, 0) is 9.22 Å². The molecule has 4 aliphatic rings. The van der Waals surface area contributed by atoms with Gasteiger partial charge in [-0.3, -0.25) is 4.79 Å². The molecule has 0 spiro atoms. The summed E-state index contributed by atoms with van der Waals surface area (Å²) in [7, 11) is -2.02. The first-order valence-corrected chi connectivity index (χ1v) is 16.0. The molecule has 2 nitrogen and oxygen atoms in total. The molecular formula is C29H42O2Si. The van der Waals surface area contributed by atoms with E-state index in [0.717, 1.165) is 25.2 Å². The standard InChI is InChI=1S/C29H42O2Si/c1-6-20-14-16-28(2)24-15-17-29(3)23(12-13-27(29)30)22(24)19-26(25(28)18-20)31-32(4,5)21-10-8-7-9-11-21/h6-11,22-26H,12-19H2,1-5H3/b20-6-/t22-,23-,24-,25-,26+,28+,29-/m0/s1. The predicted molar refractivity (Wildman–Crippen MR) is 134 cm³/mol. The van der Waals surface area contributed by atoms with Gasteiger partial charge in [0, 0.05) is 17.9 Å². The van der Waals surface area contributed by atoms with Crippen LogP contribution in [0.5, 0.6) is 0 Å². The van der Waals surface area contributed by atoms with E-state index in [-0.39, 0.29) is 5.41 Å². The largest absolute Gasteiger partial charge is 0.410 e. The van der Waals surface area contributed by atoms with Gasteiger partial charge in [-0.2, -0.15) is 0 Å². The van der Waals surface area contributed by atoms with Gasteiger partial charge in [0.2, 0.25) is 8.32 Å². The van der Waals surface area contributed by atoms with E-state index >= 15 is 0 Å². The summed E-state index contributed by atoms with van der Waals surface area (Å²) in [6, 6.07) is 11.0. The molecule has 0 aromatic heterocycles. The van der Waals surface area contributed by atoms with Crippen molar-refractivity contribution < 1.29 is 9.22 Å². The third-order valence-electron chi connectivity index (χ3n) is 10.6. The zero-order valence-electron chi connectivity index (χ0n) is 20.8. The van der Waals surface area contributed by atoms with Crippen molar-refractivity contribution in [3.8, 4) is 0 Å². The van der Waals surface area contributed by atoms with Crippen LogP contribution in [0.1, 0.15) is 72.1 Å². The van der Waals surface area contributed by atoms with Crippen LogP contribution in [0.3, 0.4) is 0 Å². The fourth-order valence-electron chi connectivity index (χ4n) is 8.57. The highest BCUT2D eigenvalue weighted by atomic mass is 28.4. The van der Waals surface area contributed by atoms with Crippen LogP contribution in [0.2, 0.25) is 13.1 Å². The van der Waals surface area contributed by atoms with Crippen LogP contribution in [0.15, 0.2) is 42.0 Å². The SMILES string of the molecule is C/C=C1/CC[C@]2(C)[C@H]3CC[C@]4(C)C(=O)CC[C@H]4[C@@H]3C[C@@H](O[Si](C)(C)c3ccccc3)[C@@H]2C1. The zero-order valence-corrected chi connectivity index (χ0v) is 21.8. The van der Waals surface area contributed by atoms with Crippen molar-refractivity contribution in [1.82, 2.24) is 0 Å². The van der Waals surface area contributed by atoms with Crippen LogP contribution in [0, 0.1) is 34.5 Å². The maximum atomic E-state index is 12.9. The van der Waals surface area contributed by atoms with E-state index in [1.165, 1.54) is 37.3 Å². The Labute approximate surface area is 196 Å². The van der Waals surface area contributed by atoms with E-state index in [1.54, 1.807) is 5.57 Å². The summed E-state index contributed by atoms with van der Waals surface area (Å²) in [4.78, 5) is 12.9. The highest BCUT2D eigenvalue weighted by molar-refractivity contribution is 6.84. The van der Waals surface area contributed by atoms with E-state index in [2.05, 4.69) is 70.3 Å². The Morgan fingerprint density at radius 1 is 1.00 bits per heavy atom. The molecule has 0 saturated heterocycles. The third-order valence-corrected chi connectivity index (χ3v) is 13.2. The van der Waals surface area contributed by atoms with Gasteiger partial charge < -0.3 is 4.43 Å². The molecule has 7 atom stereocenters. The lowest BCUT2D eigenvalue weighted by Gasteiger charge is -2.62. The molecule has 4 fully saturated rings. The second-order valence-electron chi connectivity index (χ2n) is 12.3. The number of hydrogen-bond donors (Lipinski definition) is 0. The Hall–Kier alpha value is -1.19. The summed E-state index contributed by atoms with van der Waals surface area (Å²) in [5, 5.41) is 1.40. The molecule has 0 amide bonds. The number of ketones is 1. The fourth-order valence-corrected chi connectivity index (χ4v) is 10.7. The molecule has 3 heteroatoms. The summed E-state index contributed by atoms with van der Waals surface area (Å²) in [5.74, 6) is 3.14. The van der Waals surface area contributed by atoms with Gasteiger partial charge in [0.05, 0.1) is 0 Å².